The molecule has 1 aliphatic carbocycles. The number of rotatable bonds is 5. The second-order valence-electron chi connectivity index (χ2n) is 9.18. The lowest BCUT2D eigenvalue weighted by Gasteiger charge is -2.34. The van der Waals surface area contributed by atoms with Crippen molar-refractivity contribution in [2.45, 2.75) is 58.5 Å². The molecule has 0 unspecified atom stereocenters. The average Bonchev–Trinajstić information content (AvgIpc) is 2.73. The topological polar surface area (TPSA) is 80.4 Å². The SMILES string of the molecule is CC1(C)CCC(CCc2ccc(-c3cccc(C(N)=O)c3F)cc2)CC1.O=C(O)C(F)(F)F. The van der Waals surface area contributed by atoms with E-state index in [0.717, 1.165) is 17.9 Å². The summed E-state index contributed by atoms with van der Waals surface area (Å²) in [6.45, 7) is 4.74. The molecule has 1 saturated carbocycles. The molecule has 0 spiro atoms. The van der Waals surface area contributed by atoms with Gasteiger partial charge in [-0.1, -0.05) is 50.2 Å². The summed E-state index contributed by atoms with van der Waals surface area (Å²) in [5.41, 5.74) is 8.16. The van der Waals surface area contributed by atoms with Gasteiger partial charge in [0.2, 0.25) is 0 Å². The highest BCUT2D eigenvalue weighted by atomic mass is 19.4. The van der Waals surface area contributed by atoms with E-state index in [-0.39, 0.29) is 5.56 Å². The number of nitrogens with two attached hydrogens (primary N) is 1. The van der Waals surface area contributed by atoms with E-state index in [1.807, 2.05) is 12.1 Å². The first-order chi connectivity index (χ1) is 15.3. The van der Waals surface area contributed by atoms with E-state index in [4.69, 9.17) is 15.6 Å². The molecule has 0 aliphatic heterocycles. The molecule has 180 valence electrons. The number of benzene rings is 2. The van der Waals surface area contributed by atoms with Gasteiger partial charge in [0.15, 0.2) is 0 Å². The Labute approximate surface area is 190 Å². The summed E-state index contributed by atoms with van der Waals surface area (Å²) in [6.07, 6.45) is 2.51. The molecular weight excluding hydrogens is 438 g/mol. The Kier molecular flexibility index (Phi) is 8.63. The van der Waals surface area contributed by atoms with Crippen molar-refractivity contribution in [3.8, 4) is 11.1 Å². The summed E-state index contributed by atoms with van der Waals surface area (Å²) >= 11 is 0. The van der Waals surface area contributed by atoms with Crippen LogP contribution in [0.4, 0.5) is 17.6 Å². The molecule has 0 heterocycles. The first-order valence-electron chi connectivity index (χ1n) is 10.8. The molecule has 2 aromatic carbocycles. The fourth-order valence-corrected chi connectivity index (χ4v) is 3.91. The third-order valence-corrected chi connectivity index (χ3v) is 6.07. The number of alkyl halides is 3. The van der Waals surface area contributed by atoms with Crippen molar-refractivity contribution in [1.29, 1.82) is 0 Å². The molecular formula is C25H29F4NO3. The molecule has 1 fully saturated rings. The second kappa shape index (κ2) is 10.8. The molecule has 3 rings (SSSR count). The maximum Gasteiger partial charge on any atom is 0.490 e. The number of aliphatic carboxylic acids is 1. The highest BCUT2D eigenvalue weighted by molar-refractivity contribution is 5.94. The van der Waals surface area contributed by atoms with E-state index in [0.29, 0.717) is 11.0 Å². The fourth-order valence-electron chi connectivity index (χ4n) is 3.91. The first-order valence-corrected chi connectivity index (χ1v) is 10.8. The van der Waals surface area contributed by atoms with E-state index in [2.05, 4.69) is 26.0 Å². The van der Waals surface area contributed by atoms with Crippen LogP contribution in [-0.4, -0.2) is 23.2 Å². The third-order valence-electron chi connectivity index (χ3n) is 6.07. The van der Waals surface area contributed by atoms with E-state index in [1.54, 1.807) is 12.1 Å². The standard InChI is InChI=1S/C23H28FNO.C2HF3O2/c1-23(2)14-12-17(13-15-23)7-6-16-8-10-18(11-9-16)19-4-3-5-20(21(19)24)22(25)26;3-2(4,5)1(6)7/h3-5,8-11,17H,6-7,12-15H2,1-2H3,(H2,25,26);(H,6,7). The normalized spacial score (nSPS) is 15.9. The van der Waals surface area contributed by atoms with Crippen molar-refractivity contribution >= 4 is 11.9 Å². The summed E-state index contributed by atoms with van der Waals surface area (Å²) in [7, 11) is 0. The molecule has 0 atom stereocenters. The number of hydrogen-bond acceptors (Lipinski definition) is 2. The van der Waals surface area contributed by atoms with Gasteiger partial charge in [-0.05, 0) is 67.1 Å². The van der Waals surface area contributed by atoms with Crippen molar-refractivity contribution in [3.63, 3.8) is 0 Å². The first kappa shape index (κ1) is 26.4. The lowest BCUT2D eigenvalue weighted by atomic mass is 9.72. The number of carbonyl (C=O) groups is 2. The van der Waals surface area contributed by atoms with Gasteiger partial charge < -0.3 is 10.8 Å². The number of carboxylic acids is 1. The van der Waals surface area contributed by atoms with Gasteiger partial charge in [0.1, 0.15) is 5.82 Å². The molecule has 0 radical (unpaired) electrons. The number of halogens is 4. The quantitative estimate of drug-likeness (QED) is 0.501. The molecule has 0 bridgehead atoms. The third kappa shape index (κ3) is 7.87. The fraction of sp³-hybridized carbons (Fsp3) is 0.440. The molecule has 2 aromatic rings. The zero-order valence-electron chi connectivity index (χ0n) is 18.7. The Bertz CT molecular complexity index is 959. The van der Waals surface area contributed by atoms with Crippen LogP contribution in [0.2, 0.25) is 0 Å². The molecule has 4 nitrogen and oxygen atoms in total. The minimum absolute atomic E-state index is 0.0631. The number of primary amides is 1. The minimum Gasteiger partial charge on any atom is -0.475 e. The van der Waals surface area contributed by atoms with Crippen LogP contribution in [0, 0.1) is 17.2 Å². The lowest BCUT2D eigenvalue weighted by Crippen LogP contribution is -2.21. The van der Waals surface area contributed by atoms with Crippen LogP contribution in [-0.2, 0) is 11.2 Å². The van der Waals surface area contributed by atoms with E-state index in [9.17, 15) is 22.4 Å². The van der Waals surface area contributed by atoms with Crippen LogP contribution >= 0.6 is 0 Å². The van der Waals surface area contributed by atoms with Gasteiger partial charge in [-0.3, -0.25) is 4.79 Å². The predicted octanol–water partition coefficient (Wildman–Crippen LogP) is 6.37. The smallest absolute Gasteiger partial charge is 0.475 e. The van der Waals surface area contributed by atoms with Crippen molar-refractivity contribution in [2.24, 2.45) is 17.1 Å². The second-order valence-corrected chi connectivity index (χ2v) is 9.18. The Morgan fingerprint density at radius 3 is 2.09 bits per heavy atom. The summed E-state index contributed by atoms with van der Waals surface area (Å²) in [6, 6.07) is 12.8. The van der Waals surface area contributed by atoms with Gasteiger partial charge in [-0.25, -0.2) is 9.18 Å². The molecule has 1 amide bonds. The van der Waals surface area contributed by atoms with Crippen LogP contribution < -0.4 is 5.73 Å². The minimum atomic E-state index is -5.08. The Morgan fingerprint density at radius 2 is 1.61 bits per heavy atom. The average molecular weight is 468 g/mol. The van der Waals surface area contributed by atoms with Crippen LogP contribution in [0.15, 0.2) is 42.5 Å². The molecule has 0 aromatic heterocycles. The van der Waals surface area contributed by atoms with E-state index < -0.39 is 23.9 Å². The Morgan fingerprint density at radius 1 is 1.06 bits per heavy atom. The Hall–Kier alpha value is -2.90. The maximum absolute atomic E-state index is 14.5. The summed E-state index contributed by atoms with van der Waals surface area (Å²) in [5.74, 6) is -3.21. The largest absolute Gasteiger partial charge is 0.490 e. The van der Waals surface area contributed by atoms with Gasteiger partial charge >= 0.3 is 12.1 Å². The monoisotopic (exact) mass is 467 g/mol. The summed E-state index contributed by atoms with van der Waals surface area (Å²) in [5, 5.41) is 7.12. The molecule has 33 heavy (non-hydrogen) atoms. The molecule has 8 heteroatoms. The van der Waals surface area contributed by atoms with Gasteiger partial charge in [0, 0.05) is 5.56 Å². The highest BCUT2D eigenvalue weighted by Crippen LogP contribution is 2.39. The number of carboxylic acid groups (broad SMARTS) is 1. The summed E-state index contributed by atoms with van der Waals surface area (Å²) in [4.78, 5) is 20.2. The van der Waals surface area contributed by atoms with Gasteiger partial charge in [0.05, 0.1) is 5.56 Å². The summed E-state index contributed by atoms with van der Waals surface area (Å²) < 4.78 is 46.2. The number of hydrogen-bond donors (Lipinski definition) is 2. The lowest BCUT2D eigenvalue weighted by molar-refractivity contribution is -0.192. The maximum atomic E-state index is 14.5. The van der Waals surface area contributed by atoms with Crippen molar-refractivity contribution in [3.05, 3.63) is 59.4 Å². The highest BCUT2D eigenvalue weighted by Gasteiger charge is 2.38. The Balaban J connectivity index is 0.000000479. The van der Waals surface area contributed by atoms with Crippen LogP contribution in [0.3, 0.4) is 0 Å². The van der Waals surface area contributed by atoms with E-state index in [1.165, 1.54) is 43.7 Å². The number of aryl methyl sites for hydroxylation is 1. The zero-order valence-corrected chi connectivity index (χ0v) is 18.7. The van der Waals surface area contributed by atoms with Crippen molar-refractivity contribution in [1.82, 2.24) is 0 Å². The van der Waals surface area contributed by atoms with Crippen molar-refractivity contribution in [2.75, 3.05) is 0 Å². The number of carbonyl (C=O) groups excluding carboxylic acids is 1. The molecule has 3 N–H and O–H groups in total. The van der Waals surface area contributed by atoms with Crippen LogP contribution in [0.1, 0.15) is 61.9 Å². The molecule has 1 aliphatic rings. The van der Waals surface area contributed by atoms with E-state index >= 15 is 0 Å². The molecule has 0 saturated heterocycles. The van der Waals surface area contributed by atoms with Crippen molar-refractivity contribution < 1.29 is 32.3 Å². The number of amides is 1. The van der Waals surface area contributed by atoms with Crippen LogP contribution in [0.25, 0.3) is 11.1 Å². The van der Waals surface area contributed by atoms with Gasteiger partial charge in [-0.15, -0.1) is 0 Å². The predicted molar refractivity (Wildman–Crippen MR) is 118 cm³/mol. The van der Waals surface area contributed by atoms with Crippen LogP contribution in [0.5, 0.6) is 0 Å². The van der Waals surface area contributed by atoms with Gasteiger partial charge in [0.25, 0.3) is 5.91 Å². The zero-order chi connectivity index (χ0) is 24.8. The van der Waals surface area contributed by atoms with Gasteiger partial charge in [-0.2, -0.15) is 13.2 Å².